The number of amidine groups is 1. The molecule has 0 aromatic heterocycles. The van der Waals surface area contributed by atoms with Crippen LogP contribution in [0, 0.1) is 5.41 Å². The number of nitrogens with zero attached hydrogens (tertiary/aromatic N) is 2. The molecule has 1 amide bonds. The summed E-state index contributed by atoms with van der Waals surface area (Å²) in [6.07, 6.45) is 6.45. The Balaban J connectivity index is 2.19. The molecule has 0 aliphatic heterocycles. The second-order valence-corrected chi connectivity index (χ2v) is 5.85. The van der Waals surface area contributed by atoms with Crippen molar-refractivity contribution in [1.29, 1.82) is 0 Å². The minimum atomic E-state index is -0.802. The van der Waals surface area contributed by atoms with Gasteiger partial charge in [-0.25, -0.2) is 0 Å². The van der Waals surface area contributed by atoms with Crippen LogP contribution in [0.4, 0.5) is 0 Å². The third-order valence-corrected chi connectivity index (χ3v) is 4.50. The van der Waals surface area contributed by atoms with E-state index in [0.717, 1.165) is 32.1 Å². The Morgan fingerprint density at radius 2 is 2.05 bits per heavy atom. The van der Waals surface area contributed by atoms with Gasteiger partial charge in [-0.15, -0.1) is 0 Å². The Morgan fingerprint density at radius 1 is 1.40 bits per heavy atom. The van der Waals surface area contributed by atoms with E-state index in [1.165, 1.54) is 0 Å². The van der Waals surface area contributed by atoms with Crippen LogP contribution in [0.1, 0.15) is 44.9 Å². The van der Waals surface area contributed by atoms with Crippen LogP contribution in [-0.2, 0) is 9.53 Å². The Labute approximate surface area is 119 Å². The second-order valence-electron chi connectivity index (χ2n) is 5.85. The van der Waals surface area contributed by atoms with Gasteiger partial charge in [0.1, 0.15) is 5.41 Å². The summed E-state index contributed by atoms with van der Waals surface area (Å²) in [5.41, 5.74) is 5.09. The average Bonchev–Trinajstić information content (AvgIpc) is 3.32. The average molecular weight is 283 g/mol. The molecule has 0 atom stereocenters. The fourth-order valence-electron chi connectivity index (χ4n) is 3.13. The van der Waals surface area contributed by atoms with Gasteiger partial charge >= 0.3 is 0 Å². The van der Waals surface area contributed by atoms with E-state index in [4.69, 9.17) is 15.7 Å². The molecule has 0 radical (unpaired) electrons. The smallest absolute Gasteiger partial charge is 0.236 e. The lowest BCUT2D eigenvalue weighted by Gasteiger charge is -2.39. The normalized spacial score (nSPS) is 22.6. The monoisotopic (exact) mass is 283 g/mol. The highest BCUT2D eigenvalue weighted by atomic mass is 16.5. The standard InChI is InChI=1S/C14H25N3O3/c1-20-10-9-17(11-5-6-11)13(18)14(12(15)16-19)7-3-2-4-8-14/h11,19H,2-10H2,1H3,(H2,15,16). The van der Waals surface area contributed by atoms with Gasteiger partial charge in [0.2, 0.25) is 5.91 Å². The summed E-state index contributed by atoms with van der Waals surface area (Å²) >= 11 is 0. The van der Waals surface area contributed by atoms with Crippen molar-refractivity contribution in [1.82, 2.24) is 4.90 Å². The first-order chi connectivity index (χ1) is 9.65. The van der Waals surface area contributed by atoms with Crippen molar-refractivity contribution in [2.24, 2.45) is 16.3 Å². The van der Waals surface area contributed by atoms with Gasteiger partial charge in [0.05, 0.1) is 6.61 Å². The molecule has 2 aliphatic rings. The lowest BCUT2D eigenvalue weighted by molar-refractivity contribution is -0.141. The maximum absolute atomic E-state index is 13.0. The van der Waals surface area contributed by atoms with Crippen LogP contribution in [0.5, 0.6) is 0 Å². The molecule has 2 rings (SSSR count). The van der Waals surface area contributed by atoms with Crippen LogP contribution >= 0.6 is 0 Å². The lowest BCUT2D eigenvalue weighted by Crippen LogP contribution is -2.53. The number of amides is 1. The Bertz CT molecular complexity index is 374. The first-order valence-corrected chi connectivity index (χ1v) is 7.43. The fraction of sp³-hybridized carbons (Fsp3) is 0.857. The third kappa shape index (κ3) is 2.90. The van der Waals surface area contributed by atoms with Crippen LogP contribution < -0.4 is 5.73 Å². The summed E-state index contributed by atoms with van der Waals surface area (Å²) < 4.78 is 5.10. The zero-order chi connectivity index (χ0) is 14.6. The molecular weight excluding hydrogens is 258 g/mol. The van der Waals surface area contributed by atoms with Crippen molar-refractivity contribution in [2.45, 2.75) is 51.0 Å². The van der Waals surface area contributed by atoms with Crippen LogP contribution in [0.2, 0.25) is 0 Å². The minimum absolute atomic E-state index is 0.0204. The predicted octanol–water partition coefficient (Wildman–Crippen LogP) is 1.32. The summed E-state index contributed by atoms with van der Waals surface area (Å²) in [6, 6.07) is 0.308. The second kappa shape index (κ2) is 6.43. The molecule has 6 nitrogen and oxygen atoms in total. The molecule has 0 aromatic rings. The minimum Gasteiger partial charge on any atom is -0.409 e. The van der Waals surface area contributed by atoms with Crippen molar-refractivity contribution in [2.75, 3.05) is 20.3 Å². The van der Waals surface area contributed by atoms with E-state index in [0.29, 0.717) is 32.0 Å². The number of nitrogens with two attached hydrogens (primary N) is 1. The molecule has 0 bridgehead atoms. The number of oxime groups is 1. The molecule has 0 spiro atoms. The van der Waals surface area contributed by atoms with Gasteiger partial charge in [0.25, 0.3) is 0 Å². The lowest BCUT2D eigenvalue weighted by atomic mass is 9.72. The van der Waals surface area contributed by atoms with Crippen molar-refractivity contribution in [3.8, 4) is 0 Å². The molecule has 0 saturated heterocycles. The number of carbonyl (C=O) groups is 1. The summed E-state index contributed by atoms with van der Waals surface area (Å²) in [7, 11) is 1.63. The molecule has 3 N–H and O–H groups in total. The van der Waals surface area contributed by atoms with Gasteiger partial charge in [0, 0.05) is 19.7 Å². The molecule has 2 fully saturated rings. The molecular formula is C14H25N3O3. The number of rotatable bonds is 6. The van der Waals surface area contributed by atoms with Gasteiger partial charge in [-0.3, -0.25) is 4.79 Å². The largest absolute Gasteiger partial charge is 0.409 e. The van der Waals surface area contributed by atoms with Gasteiger partial charge in [-0.05, 0) is 25.7 Å². The van der Waals surface area contributed by atoms with Gasteiger partial charge in [-0.1, -0.05) is 24.4 Å². The number of hydrogen-bond donors (Lipinski definition) is 2. The number of ether oxygens (including phenoxy) is 1. The van der Waals surface area contributed by atoms with Crippen LogP contribution in [0.25, 0.3) is 0 Å². The van der Waals surface area contributed by atoms with Crippen LogP contribution in [0.3, 0.4) is 0 Å². The van der Waals surface area contributed by atoms with E-state index in [2.05, 4.69) is 5.16 Å². The molecule has 6 heteroatoms. The molecule has 0 unspecified atom stereocenters. The number of methoxy groups -OCH3 is 1. The van der Waals surface area contributed by atoms with Crippen molar-refractivity contribution in [3.63, 3.8) is 0 Å². The number of carbonyl (C=O) groups excluding carboxylic acids is 1. The Hall–Kier alpha value is -1.30. The topological polar surface area (TPSA) is 88.2 Å². The molecule has 20 heavy (non-hydrogen) atoms. The van der Waals surface area contributed by atoms with E-state index >= 15 is 0 Å². The quantitative estimate of drug-likeness (QED) is 0.333. The Morgan fingerprint density at radius 3 is 2.55 bits per heavy atom. The van der Waals surface area contributed by atoms with Crippen LogP contribution in [0.15, 0.2) is 5.16 Å². The third-order valence-electron chi connectivity index (χ3n) is 4.50. The van der Waals surface area contributed by atoms with E-state index in [9.17, 15) is 4.79 Å². The van der Waals surface area contributed by atoms with E-state index in [1.807, 2.05) is 4.90 Å². The first-order valence-electron chi connectivity index (χ1n) is 7.43. The summed E-state index contributed by atoms with van der Waals surface area (Å²) in [4.78, 5) is 14.9. The maximum Gasteiger partial charge on any atom is 0.236 e. The summed E-state index contributed by atoms with van der Waals surface area (Å²) in [6.45, 7) is 1.11. The van der Waals surface area contributed by atoms with Gasteiger partial charge < -0.3 is 20.6 Å². The van der Waals surface area contributed by atoms with Crippen LogP contribution in [-0.4, -0.2) is 48.2 Å². The van der Waals surface area contributed by atoms with Gasteiger partial charge in [-0.2, -0.15) is 0 Å². The molecule has 0 heterocycles. The molecule has 2 saturated carbocycles. The zero-order valence-corrected chi connectivity index (χ0v) is 12.2. The van der Waals surface area contributed by atoms with Crippen molar-refractivity contribution >= 4 is 11.7 Å². The SMILES string of the molecule is COCCN(C(=O)C1(C(N)=NO)CCCCC1)C1CC1. The number of hydrogen-bond acceptors (Lipinski definition) is 4. The fourth-order valence-corrected chi connectivity index (χ4v) is 3.13. The Kier molecular flexibility index (Phi) is 4.86. The highest BCUT2D eigenvalue weighted by Gasteiger charge is 2.48. The molecule has 114 valence electrons. The maximum atomic E-state index is 13.0. The van der Waals surface area contributed by atoms with E-state index < -0.39 is 5.41 Å². The van der Waals surface area contributed by atoms with E-state index in [1.54, 1.807) is 7.11 Å². The zero-order valence-electron chi connectivity index (χ0n) is 12.2. The molecule has 0 aromatic carbocycles. The van der Waals surface area contributed by atoms with Crippen molar-refractivity contribution < 1.29 is 14.7 Å². The summed E-state index contributed by atoms with van der Waals surface area (Å²) in [5, 5.41) is 12.2. The van der Waals surface area contributed by atoms with E-state index in [-0.39, 0.29) is 11.7 Å². The highest BCUT2D eigenvalue weighted by Crippen LogP contribution is 2.40. The summed E-state index contributed by atoms with van der Waals surface area (Å²) in [5.74, 6) is 0.0947. The molecule has 2 aliphatic carbocycles. The highest BCUT2D eigenvalue weighted by molar-refractivity contribution is 6.07. The van der Waals surface area contributed by atoms with Crippen molar-refractivity contribution in [3.05, 3.63) is 0 Å². The predicted molar refractivity (Wildman–Crippen MR) is 75.5 cm³/mol. The van der Waals surface area contributed by atoms with Gasteiger partial charge in [0.15, 0.2) is 5.84 Å². The first kappa shape index (κ1) is 15.1.